The molecule has 4 rings (SSSR count). The van der Waals surface area contributed by atoms with Crippen molar-refractivity contribution in [2.24, 2.45) is 7.05 Å². The van der Waals surface area contributed by atoms with Gasteiger partial charge >= 0.3 is 0 Å². The summed E-state index contributed by atoms with van der Waals surface area (Å²) in [6.45, 7) is 4.75. The van der Waals surface area contributed by atoms with E-state index in [1.165, 1.54) is 0 Å². The van der Waals surface area contributed by atoms with Crippen LogP contribution in [-0.2, 0) is 13.6 Å². The fraction of sp³-hybridized carbons (Fsp3) is 0.478. The van der Waals surface area contributed by atoms with Crippen molar-refractivity contribution in [3.63, 3.8) is 0 Å². The summed E-state index contributed by atoms with van der Waals surface area (Å²) in [4.78, 5) is 16.9. The van der Waals surface area contributed by atoms with Crippen LogP contribution in [0, 0.1) is 6.92 Å². The van der Waals surface area contributed by atoms with Crippen LogP contribution in [0.5, 0.6) is 0 Å². The van der Waals surface area contributed by atoms with E-state index >= 15 is 0 Å². The summed E-state index contributed by atoms with van der Waals surface area (Å²) in [6.07, 6.45) is 3.64. The van der Waals surface area contributed by atoms with Crippen molar-refractivity contribution in [3.05, 3.63) is 52.2 Å². The fourth-order valence-corrected chi connectivity index (χ4v) is 4.43. The molecule has 6 heteroatoms. The Morgan fingerprint density at radius 1 is 1.17 bits per heavy atom. The number of fused-ring (bicyclic) bond motifs is 1. The normalized spacial score (nSPS) is 17.1. The van der Waals surface area contributed by atoms with Crippen LogP contribution in [0.4, 0.5) is 8.78 Å². The van der Waals surface area contributed by atoms with E-state index in [0.29, 0.717) is 18.4 Å². The minimum absolute atomic E-state index is 0.00207. The highest BCUT2D eigenvalue weighted by atomic mass is 19.3. The third-order valence-electron chi connectivity index (χ3n) is 6.00. The molecule has 3 aromatic rings. The number of hydrogen-bond acceptors (Lipinski definition) is 2. The number of imidazole rings is 1. The van der Waals surface area contributed by atoms with Crippen LogP contribution in [0.25, 0.3) is 22.2 Å². The van der Waals surface area contributed by atoms with Crippen LogP contribution < -0.4 is 5.56 Å². The number of alkyl halides is 2. The Morgan fingerprint density at radius 3 is 2.55 bits per heavy atom. The molecular formula is C23H27F2N3O. The molecule has 0 amide bonds. The largest absolute Gasteiger partial charge is 0.328 e. The summed E-state index contributed by atoms with van der Waals surface area (Å²) in [5.41, 5.74) is 4.64. The third-order valence-corrected chi connectivity index (χ3v) is 6.00. The predicted molar refractivity (Wildman–Crippen MR) is 112 cm³/mol. The molecule has 1 saturated carbocycles. The quantitative estimate of drug-likeness (QED) is 0.588. The van der Waals surface area contributed by atoms with Crippen molar-refractivity contribution in [3.8, 4) is 11.1 Å². The number of nitrogens with zero attached hydrogens (tertiary/aromatic N) is 3. The molecule has 1 fully saturated rings. The monoisotopic (exact) mass is 399 g/mol. The standard InChI is InChI=1S/C23H27F2N3O/c1-4-11-28-20-13-17(18-12-15(2)22(29)27(3)14-18)5-6-19(20)26-21(28)16-7-9-23(24,25)10-8-16/h5-6,12-14,16H,4,7-11H2,1-3H3. The Labute approximate surface area is 169 Å². The summed E-state index contributed by atoms with van der Waals surface area (Å²) >= 11 is 0. The number of hydrogen-bond donors (Lipinski definition) is 0. The van der Waals surface area contributed by atoms with Crippen LogP contribution >= 0.6 is 0 Å². The Morgan fingerprint density at radius 2 is 1.90 bits per heavy atom. The Bertz CT molecular complexity index is 1080. The molecule has 1 aromatic carbocycles. The molecule has 4 nitrogen and oxygen atoms in total. The van der Waals surface area contributed by atoms with E-state index in [4.69, 9.17) is 4.98 Å². The summed E-state index contributed by atoms with van der Waals surface area (Å²) in [7, 11) is 1.76. The zero-order valence-corrected chi connectivity index (χ0v) is 17.2. The minimum atomic E-state index is -2.54. The molecule has 1 aliphatic carbocycles. The van der Waals surface area contributed by atoms with Crippen LogP contribution in [0.1, 0.15) is 56.3 Å². The summed E-state index contributed by atoms with van der Waals surface area (Å²) in [6, 6.07) is 8.04. The van der Waals surface area contributed by atoms with Crippen molar-refractivity contribution < 1.29 is 8.78 Å². The zero-order chi connectivity index (χ0) is 20.8. The molecule has 0 bridgehead atoms. The molecule has 0 unspecified atom stereocenters. The maximum atomic E-state index is 13.6. The van der Waals surface area contributed by atoms with E-state index < -0.39 is 5.92 Å². The number of benzene rings is 1. The molecule has 0 radical (unpaired) electrons. The third kappa shape index (κ3) is 3.72. The Hall–Kier alpha value is -2.50. The number of aromatic nitrogens is 3. The Balaban J connectivity index is 1.78. The van der Waals surface area contributed by atoms with Gasteiger partial charge in [0, 0.05) is 44.1 Å². The second kappa shape index (κ2) is 7.39. The van der Waals surface area contributed by atoms with Crippen molar-refractivity contribution in [1.29, 1.82) is 0 Å². The molecule has 2 aromatic heterocycles. The topological polar surface area (TPSA) is 39.8 Å². The summed E-state index contributed by atoms with van der Waals surface area (Å²) in [5, 5.41) is 0. The highest BCUT2D eigenvalue weighted by Crippen LogP contribution is 2.41. The summed E-state index contributed by atoms with van der Waals surface area (Å²) < 4.78 is 31.1. The molecule has 1 aliphatic rings. The zero-order valence-electron chi connectivity index (χ0n) is 17.2. The van der Waals surface area contributed by atoms with E-state index in [1.54, 1.807) is 11.6 Å². The van der Waals surface area contributed by atoms with Crippen LogP contribution in [0.15, 0.2) is 35.3 Å². The fourth-order valence-electron chi connectivity index (χ4n) is 4.43. The second-order valence-electron chi connectivity index (χ2n) is 8.28. The van der Waals surface area contributed by atoms with Gasteiger partial charge in [-0.1, -0.05) is 13.0 Å². The molecule has 0 spiro atoms. The van der Waals surface area contributed by atoms with E-state index in [2.05, 4.69) is 17.6 Å². The molecular weight excluding hydrogens is 372 g/mol. The van der Waals surface area contributed by atoms with Gasteiger partial charge in [-0.05, 0) is 55.5 Å². The molecule has 154 valence electrons. The van der Waals surface area contributed by atoms with Gasteiger partial charge in [0.25, 0.3) is 5.56 Å². The lowest BCUT2D eigenvalue weighted by Gasteiger charge is -2.28. The first-order valence-electron chi connectivity index (χ1n) is 10.3. The summed E-state index contributed by atoms with van der Waals surface area (Å²) in [5.74, 6) is -1.52. The first-order chi connectivity index (χ1) is 13.8. The van der Waals surface area contributed by atoms with Gasteiger partial charge in [-0.25, -0.2) is 13.8 Å². The molecule has 2 heterocycles. The van der Waals surface area contributed by atoms with Gasteiger partial charge in [-0.15, -0.1) is 0 Å². The lowest BCUT2D eigenvalue weighted by Crippen LogP contribution is -2.25. The molecule has 0 aliphatic heterocycles. The van der Waals surface area contributed by atoms with Crippen molar-refractivity contribution in [1.82, 2.24) is 14.1 Å². The van der Waals surface area contributed by atoms with Gasteiger partial charge < -0.3 is 9.13 Å². The van der Waals surface area contributed by atoms with E-state index in [1.807, 2.05) is 31.3 Å². The van der Waals surface area contributed by atoms with Crippen molar-refractivity contribution >= 4 is 11.0 Å². The number of aryl methyl sites for hydroxylation is 3. The molecule has 0 saturated heterocycles. The van der Waals surface area contributed by atoms with Gasteiger partial charge in [0.1, 0.15) is 5.82 Å². The van der Waals surface area contributed by atoms with Crippen LogP contribution in [0.2, 0.25) is 0 Å². The van der Waals surface area contributed by atoms with E-state index in [0.717, 1.165) is 41.0 Å². The SMILES string of the molecule is CCCn1c(C2CCC(F)(F)CC2)nc2ccc(-c3cc(C)c(=O)n(C)c3)cc21. The van der Waals surface area contributed by atoms with Crippen molar-refractivity contribution in [2.45, 2.75) is 64.3 Å². The predicted octanol–water partition coefficient (Wildman–Crippen LogP) is 5.41. The van der Waals surface area contributed by atoms with Crippen LogP contribution in [0.3, 0.4) is 0 Å². The lowest BCUT2D eigenvalue weighted by molar-refractivity contribution is -0.0389. The molecule has 0 N–H and O–H groups in total. The van der Waals surface area contributed by atoms with Crippen LogP contribution in [-0.4, -0.2) is 20.0 Å². The minimum Gasteiger partial charge on any atom is -0.328 e. The van der Waals surface area contributed by atoms with Crippen molar-refractivity contribution in [2.75, 3.05) is 0 Å². The van der Waals surface area contributed by atoms with E-state index in [-0.39, 0.29) is 24.3 Å². The molecule has 29 heavy (non-hydrogen) atoms. The van der Waals surface area contributed by atoms with Gasteiger partial charge in [-0.2, -0.15) is 0 Å². The Kier molecular flexibility index (Phi) is 5.05. The average molecular weight is 399 g/mol. The van der Waals surface area contributed by atoms with Gasteiger partial charge in [0.2, 0.25) is 5.92 Å². The number of halogens is 2. The lowest BCUT2D eigenvalue weighted by atomic mass is 9.86. The van der Waals surface area contributed by atoms with Gasteiger partial charge in [-0.3, -0.25) is 4.79 Å². The van der Waals surface area contributed by atoms with E-state index in [9.17, 15) is 13.6 Å². The number of rotatable bonds is 4. The number of pyridine rings is 1. The molecule has 0 atom stereocenters. The average Bonchev–Trinajstić information content (AvgIpc) is 3.04. The maximum Gasteiger partial charge on any atom is 0.253 e. The highest BCUT2D eigenvalue weighted by molar-refractivity contribution is 5.82. The van der Waals surface area contributed by atoms with Gasteiger partial charge in [0.15, 0.2) is 0 Å². The smallest absolute Gasteiger partial charge is 0.253 e. The second-order valence-corrected chi connectivity index (χ2v) is 8.28. The first-order valence-corrected chi connectivity index (χ1v) is 10.3. The van der Waals surface area contributed by atoms with Gasteiger partial charge in [0.05, 0.1) is 11.0 Å². The maximum absolute atomic E-state index is 13.6. The first kappa shape index (κ1) is 19.8. The highest BCUT2D eigenvalue weighted by Gasteiger charge is 2.37.